The van der Waals surface area contributed by atoms with Crippen molar-refractivity contribution in [2.45, 2.75) is 36.7 Å². The molecule has 3 heterocycles. The fraction of sp³-hybridized carbons (Fsp3) is 0.700. The van der Waals surface area contributed by atoms with Crippen LogP contribution in [0, 0.1) is 0 Å². The van der Waals surface area contributed by atoms with Crippen molar-refractivity contribution in [3.05, 3.63) is 0 Å². The molecule has 0 aliphatic carbocycles. The summed E-state index contributed by atoms with van der Waals surface area (Å²) in [6, 6.07) is -0.515. The molecular formula is C10H16N5O7P. The van der Waals surface area contributed by atoms with E-state index >= 15 is 0 Å². The number of nitrogens with zero attached hydrogens (tertiary/aromatic N) is 4. The van der Waals surface area contributed by atoms with Gasteiger partial charge in [-0.05, 0) is 0 Å². The minimum Gasteiger partial charge on any atom is -0.387 e. The lowest BCUT2D eigenvalue weighted by Crippen LogP contribution is -2.51. The number of phosphoric ester groups is 1. The van der Waals surface area contributed by atoms with Crippen molar-refractivity contribution in [2.24, 2.45) is 20.7 Å². The van der Waals surface area contributed by atoms with Crippen molar-refractivity contribution < 1.29 is 33.8 Å². The molecule has 0 aromatic heterocycles. The van der Waals surface area contributed by atoms with Crippen LogP contribution < -0.4 is 5.73 Å². The van der Waals surface area contributed by atoms with Crippen LogP contribution >= 0.6 is 7.82 Å². The molecular weight excluding hydrogens is 333 g/mol. The van der Waals surface area contributed by atoms with E-state index in [1.165, 1.54) is 17.6 Å². The van der Waals surface area contributed by atoms with Crippen molar-refractivity contribution in [2.75, 3.05) is 6.61 Å². The molecule has 6 atom stereocenters. The molecule has 23 heavy (non-hydrogen) atoms. The Morgan fingerprint density at radius 3 is 2.78 bits per heavy atom. The van der Waals surface area contributed by atoms with Gasteiger partial charge in [-0.15, -0.1) is 0 Å². The Morgan fingerprint density at radius 1 is 1.35 bits per heavy atom. The summed E-state index contributed by atoms with van der Waals surface area (Å²) in [6.07, 6.45) is -2.79. The zero-order valence-electron chi connectivity index (χ0n) is 11.7. The van der Waals surface area contributed by atoms with Crippen LogP contribution in [0.25, 0.3) is 0 Å². The van der Waals surface area contributed by atoms with Crippen molar-refractivity contribution in [1.82, 2.24) is 4.90 Å². The lowest BCUT2D eigenvalue weighted by Gasteiger charge is -2.31. The van der Waals surface area contributed by atoms with E-state index in [1.807, 2.05) is 0 Å². The van der Waals surface area contributed by atoms with E-state index in [0.29, 0.717) is 0 Å². The third kappa shape index (κ3) is 3.15. The summed E-state index contributed by atoms with van der Waals surface area (Å²) >= 11 is 0. The van der Waals surface area contributed by atoms with Crippen molar-refractivity contribution in [3.63, 3.8) is 0 Å². The Kier molecular flexibility index (Phi) is 4.23. The quantitative estimate of drug-likeness (QED) is 0.330. The lowest BCUT2D eigenvalue weighted by atomic mass is 10.1. The first-order valence-corrected chi connectivity index (χ1v) is 8.18. The summed E-state index contributed by atoms with van der Waals surface area (Å²) in [4.78, 5) is 31.0. The number of aliphatic imine (C=N–C) groups is 3. The number of hydrogen-bond donors (Lipinski definition) is 5. The van der Waals surface area contributed by atoms with Crippen molar-refractivity contribution in [3.8, 4) is 0 Å². The van der Waals surface area contributed by atoms with Gasteiger partial charge in [-0.1, -0.05) is 0 Å². The number of nitrogens with two attached hydrogens (primary N) is 1. The van der Waals surface area contributed by atoms with Gasteiger partial charge in [0.1, 0.15) is 36.5 Å². The van der Waals surface area contributed by atoms with E-state index < -0.39 is 51.2 Å². The zero-order chi connectivity index (χ0) is 16.8. The molecule has 6 unspecified atom stereocenters. The van der Waals surface area contributed by atoms with Crippen LogP contribution in [0.15, 0.2) is 15.0 Å². The monoisotopic (exact) mass is 349 g/mol. The molecule has 1 fully saturated rings. The highest BCUT2D eigenvalue weighted by atomic mass is 31.2. The minimum absolute atomic E-state index is 0.262. The molecule has 3 aliphatic rings. The molecule has 6 N–H and O–H groups in total. The maximum atomic E-state index is 10.7. The second-order valence-electron chi connectivity index (χ2n) is 5.22. The Balaban J connectivity index is 1.70. The number of phosphoric acid groups is 1. The van der Waals surface area contributed by atoms with Crippen LogP contribution in [-0.4, -0.2) is 86.8 Å². The first-order chi connectivity index (χ1) is 10.8. The van der Waals surface area contributed by atoms with Gasteiger partial charge in [0.2, 0.25) is 0 Å². The van der Waals surface area contributed by atoms with E-state index in [4.69, 9.17) is 20.3 Å². The van der Waals surface area contributed by atoms with Gasteiger partial charge in [-0.2, -0.15) is 0 Å². The van der Waals surface area contributed by atoms with Gasteiger partial charge in [0.25, 0.3) is 0 Å². The normalized spacial score (nSPS) is 39.7. The fourth-order valence-electron chi connectivity index (χ4n) is 2.59. The second kappa shape index (κ2) is 5.91. The first kappa shape index (κ1) is 16.5. The predicted molar refractivity (Wildman–Crippen MR) is 76.7 cm³/mol. The van der Waals surface area contributed by atoms with Crippen molar-refractivity contribution >= 4 is 26.3 Å². The molecule has 0 aromatic carbocycles. The third-order valence-electron chi connectivity index (χ3n) is 3.72. The minimum atomic E-state index is -4.71. The second-order valence-corrected chi connectivity index (χ2v) is 6.46. The highest BCUT2D eigenvalue weighted by Gasteiger charge is 2.50. The van der Waals surface area contributed by atoms with Crippen LogP contribution in [0.3, 0.4) is 0 Å². The Labute approximate surface area is 130 Å². The first-order valence-electron chi connectivity index (χ1n) is 6.65. The van der Waals surface area contributed by atoms with E-state index in [1.54, 1.807) is 0 Å². The van der Waals surface area contributed by atoms with Crippen LogP contribution in [0.5, 0.6) is 0 Å². The molecule has 3 aliphatic heterocycles. The zero-order valence-corrected chi connectivity index (χ0v) is 12.5. The summed E-state index contributed by atoms with van der Waals surface area (Å²) in [6.45, 7) is -0.578. The average Bonchev–Trinajstić information content (AvgIpc) is 3.01. The SMILES string of the molecule is NC1=NC=NC2C1N=CN2C1OC(COP(=O)(O)O)C(O)C1O. The summed E-state index contributed by atoms with van der Waals surface area (Å²) in [5, 5.41) is 20.1. The van der Waals surface area contributed by atoms with Crippen LogP contribution in [-0.2, 0) is 13.8 Å². The molecule has 0 radical (unpaired) electrons. The van der Waals surface area contributed by atoms with Gasteiger partial charge in [0.15, 0.2) is 12.4 Å². The number of fused-ring (bicyclic) bond motifs is 1. The molecule has 13 heteroatoms. The summed E-state index contributed by atoms with van der Waals surface area (Å²) < 4.78 is 20.5. The Morgan fingerprint density at radius 2 is 2.09 bits per heavy atom. The van der Waals surface area contributed by atoms with Gasteiger partial charge < -0.3 is 35.4 Å². The van der Waals surface area contributed by atoms with Crippen molar-refractivity contribution in [1.29, 1.82) is 0 Å². The number of hydrogen-bond acceptors (Lipinski definition) is 10. The molecule has 128 valence electrons. The highest BCUT2D eigenvalue weighted by Crippen LogP contribution is 2.37. The van der Waals surface area contributed by atoms with E-state index in [9.17, 15) is 14.8 Å². The highest BCUT2D eigenvalue weighted by molar-refractivity contribution is 7.46. The number of amidine groups is 1. The molecule has 1 saturated heterocycles. The van der Waals surface area contributed by atoms with Gasteiger partial charge in [-0.25, -0.2) is 14.5 Å². The van der Waals surface area contributed by atoms with Gasteiger partial charge in [-0.3, -0.25) is 9.52 Å². The molecule has 0 bridgehead atoms. The molecule has 3 rings (SSSR count). The molecule has 0 aromatic rings. The Hall–Kier alpha value is -1.40. The molecule has 0 spiro atoms. The molecule has 0 saturated carbocycles. The molecule has 12 nitrogen and oxygen atoms in total. The van der Waals surface area contributed by atoms with E-state index in [2.05, 4.69) is 19.5 Å². The number of aliphatic hydroxyl groups excluding tert-OH is 2. The number of aliphatic hydroxyl groups is 2. The topological polar surface area (TPSA) is 183 Å². The largest absolute Gasteiger partial charge is 0.469 e. The summed E-state index contributed by atoms with van der Waals surface area (Å²) in [5.74, 6) is 0.262. The average molecular weight is 349 g/mol. The standard InChI is InChI=1S/C10H16N5O7P/c11-8-5-9(13-2-12-8)15(3-14-5)10-7(17)6(16)4(22-10)1-21-23(18,19)20/h2-7,9-10,16-17H,1H2,(H2,11,12,13)(H2,18,19,20). The number of rotatable bonds is 4. The maximum Gasteiger partial charge on any atom is 0.469 e. The maximum absolute atomic E-state index is 10.7. The van der Waals surface area contributed by atoms with Gasteiger partial charge >= 0.3 is 7.82 Å². The smallest absolute Gasteiger partial charge is 0.387 e. The third-order valence-corrected chi connectivity index (χ3v) is 4.20. The van der Waals surface area contributed by atoms with Crippen LogP contribution in [0.2, 0.25) is 0 Å². The lowest BCUT2D eigenvalue weighted by molar-refractivity contribution is -0.0771. The van der Waals surface area contributed by atoms with Crippen LogP contribution in [0.4, 0.5) is 0 Å². The Bertz CT molecular complexity index is 606. The van der Waals surface area contributed by atoms with Gasteiger partial charge in [0, 0.05) is 0 Å². The number of ether oxygens (including phenoxy) is 1. The van der Waals surface area contributed by atoms with Gasteiger partial charge in [0.05, 0.1) is 12.9 Å². The molecule has 0 amide bonds. The summed E-state index contributed by atoms with van der Waals surface area (Å²) in [7, 11) is -4.71. The predicted octanol–water partition coefficient (Wildman–Crippen LogP) is -3.02. The summed E-state index contributed by atoms with van der Waals surface area (Å²) in [5.41, 5.74) is 5.72. The van der Waals surface area contributed by atoms with E-state index in [0.717, 1.165) is 0 Å². The fourth-order valence-corrected chi connectivity index (χ4v) is 2.93. The van der Waals surface area contributed by atoms with Crippen LogP contribution in [0.1, 0.15) is 0 Å². The van der Waals surface area contributed by atoms with E-state index in [-0.39, 0.29) is 5.84 Å².